The molecule has 0 amide bonds. The summed E-state index contributed by atoms with van der Waals surface area (Å²) in [7, 11) is 0. The van der Waals surface area contributed by atoms with E-state index >= 15 is 0 Å². The van der Waals surface area contributed by atoms with Crippen molar-refractivity contribution < 1.29 is 0 Å². The molecule has 1 rings (SSSR count). The first kappa shape index (κ1) is 9.01. The molecule has 0 aliphatic heterocycles. The third-order valence-electron chi connectivity index (χ3n) is 1.86. The Morgan fingerprint density at radius 1 is 1.42 bits per heavy atom. The average Bonchev–Trinajstić information content (AvgIpc) is 2.15. The summed E-state index contributed by atoms with van der Waals surface area (Å²) >= 11 is 0. The van der Waals surface area contributed by atoms with Gasteiger partial charge in [0.05, 0.1) is 0 Å². The molecule has 2 N–H and O–H groups in total. The molecule has 0 atom stereocenters. The standard InChI is InChI=1S/C11H15N/c1-2-10-5-3-6-11(9-10)7-4-8-12/h2-3,5-6,9H,1,4,7-8,12H2. The van der Waals surface area contributed by atoms with Crippen molar-refractivity contribution in [2.45, 2.75) is 12.8 Å². The van der Waals surface area contributed by atoms with E-state index in [0.29, 0.717) is 0 Å². The van der Waals surface area contributed by atoms with Crippen molar-refractivity contribution in [3.63, 3.8) is 0 Å². The number of hydrogen-bond acceptors (Lipinski definition) is 1. The molecule has 0 radical (unpaired) electrons. The van der Waals surface area contributed by atoms with Gasteiger partial charge in [0.2, 0.25) is 0 Å². The second-order valence-electron chi connectivity index (χ2n) is 2.84. The highest BCUT2D eigenvalue weighted by Gasteiger charge is 1.92. The first-order chi connectivity index (χ1) is 5.86. The molecule has 0 aliphatic rings. The Hall–Kier alpha value is -1.08. The summed E-state index contributed by atoms with van der Waals surface area (Å²) in [5, 5.41) is 0. The largest absolute Gasteiger partial charge is 0.330 e. The summed E-state index contributed by atoms with van der Waals surface area (Å²) in [6, 6.07) is 8.40. The number of aryl methyl sites for hydroxylation is 1. The van der Waals surface area contributed by atoms with Crippen LogP contribution in [0.1, 0.15) is 17.5 Å². The zero-order valence-electron chi connectivity index (χ0n) is 7.29. The third kappa shape index (κ3) is 2.51. The normalized spacial score (nSPS) is 9.75. The minimum Gasteiger partial charge on any atom is -0.330 e. The van der Waals surface area contributed by atoms with Gasteiger partial charge in [0, 0.05) is 0 Å². The molecule has 0 unspecified atom stereocenters. The fourth-order valence-corrected chi connectivity index (χ4v) is 1.18. The first-order valence-electron chi connectivity index (χ1n) is 4.28. The maximum absolute atomic E-state index is 5.43. The van der Waals surface area contributed by atoms with Crippen molar-refractivity contribution >= 4 is 6.08 Å². The summed E-state index contributed by atoms with van der Waals surface area (Å²) in [5.41, 5.74) is 7.96. The van der Waals surface area contributed by atoms with E-state index in [2.05, 4.69) is 30.8 Å². The molecule has 0 bridgehead atoms. The molecule has 1 aromatic carbocycles. The van der Waals surface area contributed by atoms with E-state index in [1.165, 1.54) is 11.1 Å². The zero-order chi connectivity index (χ0) is 8.81. The summed E-state index contributed by atoms with van der Waals surface area (Å²) < 4.78 is 0. The van der Waals surface area contributed by atoms with Crippen LogP contribution in [0, 0.1) is 0 Å². The van der Waals surface area contributed by atoms with Gasteiger partial charge in [0.25, 0.3) is 0 Å². The van der Waals surface area contributed by atoms with Crippen molar-refractivity contribution in [1.29, 1.82) is 0 Å². The fourth-order valence-electron chi connectivity index (χ4n) is 1.18. The molecule has 64 valence electrons. The predicted octanol–water partition coefficient (Wildman–Crippen LogP) is 2.22. The Morgan fingerprint density at radius 3 is 2.92 bits per heavy atom. The molecule has 12 heavy (non-hydrogen) atoms. The molecule has 0 fully saturated rings. The van der Waals surface area contributed by atoms with E-state index in [1.54, 1.807) is 0 Å². The van der Waals surface area contributed by atoms with Crippen molar-refractivity contribution in [3.05, 3.63) is 42.0 Å². The Morgan fingerprint density at radius 2 is 2.25 bits per heavy atom. The Kier molecular flexibility index (Phi) is 3.55. The summed E-state index contributed by atoms with van der Waals surface area (Å²) in [6.07, 6.45) is 3.99. The second kappa shape index (κ2) is 4.73. The van der Waals surface area contributed by atoms with Gasteiger partial charge in [-0.1, -0.05) is 36.9 Å². The van der Waals surface area contributed by atoms with Gasteiger partial charge in [0.15, 0.2) is 0 Å². The van der Waals surface area contributed by atoms with Crippen LogP contribution in [0.15, 0.2) is 30.8 Å². The Bertz CT molecular complexity index is 253. The van der Waals surface area contributed by atoms with Crippen LogP contribution in [0.25, 0.3) is 6.08 Å². The number of hydrogen-bond donors (Lipinski definition) is 1. The summed E-state index contributed by atoms with van der Waals surface area (Å²) in [6.45, 7) is 4.49. The quantitative estimate of drug-likeness (QED) is 0.720. The molecule has 0 aromatic heterocycles. The van der Waals surface area contributed by atoms with E-state index in [4.69, 9.17) is 5.73 Å². The maximum atomic E-state index is 5.43. The first-order valence-corrected chi connectivity index (χ1v) is 4.28. The minimum absolute atomic E-state index is 0.762. The summed E-state index contributed by atoms with van der Waals surface area (Å²) in [4.78, 5) is 0. The molecule has 0 aliphatic carbocycles. The molecule has 0 saturated heterocycles. The van der Waals surface area contributed by atoms with E-state index in [0.717, 1.165) is 19.4 Å². The molecule has 0 saturated carbocycles. The van der Waals surface area contributed by atoms with Crippen molar-refractivity contribution in [3.8, 4) is 0 Å². The van der Waals surface area contributed by atoms with Crippen LogP contribution in [-0.2, 0) is 6.42 Å². The van der Waals surface area contributed by atoms with Crippen LogP contribution < -0.4 is 5.73 Å². The minimum atomic E-state index is 0.762. The van der Waals surface area contributed by atoms with Gasteiger partial charge in [-0.2, -0.15) is 0 Å². The lowest BCUT2D eigenvalue weighted by Gasteiger charge is -2.00. The molecule has 1 nitrogen and oxygen atoms in total. The molecule has 1 aromatic rings. The van der Waals surface area contributed by atoms with Crippen LogP contribution >= 0.6 is 0 Å². The fraction of sp³-hybridized carbons (Fsp3) is 0.273. The second-order valence-corrected chi connectivity index (χ2v) is 2.84. The van der Waals surface area contributed by atoms with Gasteiger partial charge in [-0.3, -0.25) is 0 Å². The highest BCUT2D eigenvalue weighted by Crippen LogP contribution is 2.07. The van der Waals surface area contributed by atoms with Gasteiger partial charge >= 0.3 is 0 Å². The molecular weight excluding hydrogens is 146 g/mol. The Labute approximate surface area is 73.9 Å². The van der Waals surface area contributed by atoms with Crippen molar-refractivity contribution in [2.75, 3.05) is 6.54 Å². The van der Waals surface area contributed by atoms with E-state index < -0.39 is 0 Å². The van der Waals surface area contributed by atoms with Gasteiger partial charge in [0.1, 0.15) is 0 Å². The zero-order valence-corrected chi connectivity index (χ0v) is 7.29. The SMILES string of the molecule is C=Cc1cccc(CCCN)c1. The van der Waals surface area contributed by atoms with Gasteiger partial charge in [-0.05, 0) is 30.5 Å². The molecular formula is C11H15N. The topological polar surface area (TPSA) is 26.0 Å². The van der Waals surface area contributed by atoms with Gasteiger partial charge in [-0.15, -0.1) is 0 Å². The van der Waals surface area contributed by atoms with E-state index in [1.807, 2.05) is 6.08 Å². The number of rotatable bonds is 4. The predicted molar refractivity (Wildman–Crippen MR) is 53.9 cm³/mol. The van der Waals surface area contributed by atoms with Crippen molar-refractivity contribution in [1.82, 2.24) is 0 Å². The smallest absolute Gasteiger partial charge is 0.00741 e. The van der Waals surface area contributed by atoms with Gasteiger partial charge < -0.3 is 5.73 Å². The van der Waals surface area contributed by atoms with Gasteiger partial charge in [-0.25, -0.2) is 0 Å². The monoisotopic (exact) mass is 161 g/mol. The van der Waals surface area contributed by atoms with Crippen molar-refractivity contribution in [2.24, 2.45) is 5.73 Å². The summed E-state index contributed by atoms with van der Waals surface area (Å²) in [5.74, 6) is 0. The number of benzene rings is 1. The van der Waals surface area contributed by atoms with Crippen LogP contribution in [0.2, 0.25) is 0 Å². The van der Waals surface area contributed by atoms with E-state index in [-0.39, 0.29) is 0 Å². The van der Waals surface area contributed by atoms with Crippen LogP contribution in [0.5, 0.6) is 0 Å². The van der Waals surface area contributed by atoms with Crippen LogP contribution in [-0.4, -0.2) is 6.54 Å². The Balaban J connectivity index is 2.66. The third-order valence-corrected chi connectivity index (χ3v) is 1.86. The molecule has 0 heterocycles. The average molecular weight is 161 g/mol. The molecule has 0 spiro atoms. The highest BCUT2D eigenvalue weighted by atomic mass is 14.5. The van der Waals surface area contributed by atoms with Crippen LogP contribution in [0.4, 0.5) is 0 Å². The maximum Gasteiger partial charge on any atom is -0.00741 e. The molecule has 1 heteroatoms. The number of nitrogens with two attached hydrogens (primary N) is 1. The lowest BCUT2D eigenvalue weighted by Crippen LogP contribution is -2.00. The lowest BCUT2D eigenvalue weighted by molar-refractivity contribution is 0.832. The lowest BCUT2D eigenvalue weighted by atomic mass is 10.1. The highest BCUT2D eigenvalue weighted by molar-refractivity contribution is 5.47. The van der Waals surface area contributed by atoms with E-state index in [9.17, 15) is 0 Å². The van der Waals surface area contributed by atoms with Crippen LogP contribution in [0.3, 0.4) is 0 Å².